The van der Waals surface area contributed by atoms with Crippen molar-refractivity contribution in [3.8, 4) is 0 Å². The summed E-state index contributed by atoms with van der Waals surface area (Å²) in [6, 6.07) is 11.5. The lowest BCUT2D eigenvalue weighted by Gasteiger charge is -2.06. The molecular formula is C14H16N4O. The monoisotopic (exact) mass is 256 g/mol. The zero-order valence-corrected chi connectivity index (χ0v) is 10.5. The molecule has 0 fully saturated rings. The summed E-state index contributed by atoms with van der Waals surface area (Å²) < 4.78 is 0. The summed E-state index contributed by atoms with van der Waals surface area (Å²) in [5.74, 6) is 0.120. The molecule has 0 saturated heterocycles. The second-order valence-electron chi connectivity index (χ2n) is 4.15. The first-order valence-corrected chi connectivity index (χ1v) is 5.96. The number of benzene rings is 1. The lowest BCUT2D eigenvalue weighted by Crippen LogP contribution is -2.15. The van der Waals surface area contributed by atoms with Crippen LogP contribution < -0.4 is 11.1 Å². The van der Waals surface area contributed by atoms with E-state index < -0.39 is 0 Å². The molecule has 0 spiro atoms. The van der Waals surface area contributed by atoms with Crippen LogP contribution in [0.5, 0.6) is 0 Å². The highest BCUT2D eigenvalue weighted by molar-refractivity contribution is 5.97. The van der Waals surface area contributed by atoms with Crippen LogP contribution in [-0.2, 0) is 13.1 Å². The highest BCUT2D eigenvalue weighted by Gasteiger charge is 2.00. The maximum atomic E-state index is 8.64. The summed E-state index contributed by atoms with van der Waals surface area (Å²) in [6.45, 7) is 1.46. The Kier molecular flexibility index (Phi) is 4.47. The quantitative estimate of drug-likeness (QED) is 0.327. The number of hydrogen-bond acceptors (Lipinski definition) is 4. The number of oxime groups is 1. The second kappa shape index (κ2) is 6.51. The molecule has 0 bridgehead atoms. The molecular weight excluding hydrogens is 240 g/mol. The predicted octanol–water partition coefficient (Wildman–Crippen LogP) is 1.47. The molecule has 0 aliphatic rings. The maximum Gasteiger partial charge on any atom is 0.170 e. The van der Waals surface area contributed by atoms with E-state index in [-0.39, 0.29) is 5.84 Å². The number of nitrogens with one attached hydrogen (secondary N) is 1. The van der Waals surface area contributed by atoms with Crippen molar-refractivity contribution in [3.63, 3.8) is 0 Å². The standard InChI is InChI=1S/C14H16N4O/c15-14(18-19)13-5-1-3-11(7-13)8-17-10-12-4-2-6-16-9-12/h1-7,9,17,19H,8,10H2,(H2,15,18). The van der Waals surface area contributed by atoms with E-state index in [9.17, 15) is 0 Å². The van der Waals surface area contributed by atoms with Gasteiger partial charge in [-0.25, -0.2) is 0 Å². The molecule has 0 radical (unpaired) electrons. The Morgan fingerprint density at radius 3 is 2.74 bits per heavy atom. The van der Waals surface area contributed by atoms with Crippen molar-refractivity contribution in [2.24, 2.45) is 10.9 Å². The van der Waals surface area contributed by atoms with Gasteiger partial charge in [0, 0.05) is 31.0 Å². The Morgan fingerprint density at radius 2 is 2.00 bits per heavy atom. The van der Waals surface area contributed by atoms with Gasteiger partial charge in [-0.3, -0.25) is 4.98 Å². The summed E-state index contributed by atoms with van der Waals surface area (Å²) in [7, 11) is 0. The number of rotatable bonds is 5. The Morgan fingerprint density at radius 1 is 1.21 bits per heavy atom. The van der Waals surface area contributed by atoms with Crippen LogP contribution in [0, 0.1) is 0 Å². The van der Waals surface area contributed by atoms with Crippen LogP contribution in [0.2, 0.25) is 0 Å². The molecule has 0 atom stereocenters. The van der Waals surface area contributed by atoms with Gasteiger partial charge in [0.2, 0.25) is 0 Å². The first kappa shape index (κ1) is 13.0. The average Bonchev–Trinajstić information content (AvgIpc) is 2.48. The van der Waals surface area contributed by atoms with Crippen molar-refractivity contribution in [1.29, 1.82) is 0 Å². The van der Waals surface area contributed by atoms with Crippen LogP contribution >= 0.6 is 0 Å². The van der Waals surface area contributed by atoms with Crippen molar-refractivity contribution >= 4 is 5.84 Å². The van der Waals surface area contributed by atoms with Gasteiger partial charge in [0.1, 0.15) is 0 Å². The van der Waals surface area contributed by atoms with Crippen molar-refractivity contribution < 1.29 is 5.21 Å². The topological polar surface area (TPSA) is 83.5 Å². The van der Waals surface area contributed by atoms with Crippen molar-refractivity contribution in [1.82, 2.24) is 10.3 Å². The van der Waals surface area contributed by atoms with Gasteiger partial charge >= 0.3 is 0 Å². The molecule has 0 aliphatic heterocycles. The number of amidine groups is 1. The highest BCUT2D eigenvalue weighted by atomic mass is 16.4. The van der Waals surface area contributed by atoms with Gasteiger partial charge in [0.15, 0.2) is 5.84 Å². The normalized spacial score (nSPS) is 11.5. The van der Waals surface area contributed by atoms with Gasteiger partial charge in [-0.1, -0.05) is 29.4 Å². The molecule has 2 aromatic rings. The molecule has 98 valence electrons. The first-order valence-electron chi connectivity index (χ1n) is 5.96. The Labute approximate surface area is 111 Å². The molecule has 1 aromatic heterocycles. The summed E-state index contributed by atoms with van der Waals surface area (Å²) in [4.78, 5) is 4.06. The third kappa shape index (κ3) is 3.79. The predicted molar refractivity (Wildman–Crippen MR) is 73.7 cm³/mol. The summed E-state index contributed by atoms with van der Waals surface area (Å²) in [6.07, 6.45) is 3.59. The van der Waals surface area contributed by atoms with Crippen LogP contribution in [0.15, 0.2) is 53.9 Å². The van der Waals surface area contributed by atoms with Crippen LogP contribution in [-0.4, -0.2) is 16.0 Å². The van der Waals surface area contributed by atoms with Gasteiger partial charge in [-0.15, -0.1) is 0 Å². The molecule has 1 aromatic carbocycles. The van der Waals surface area contributed by atoms with Crippen molar-refractivity contribution in [3.05, 3.63) is 65.5 Å². The van der Waals surface area contributed by atoms with Crippen LogP contribution in [0.4, 0.5) is 0 Å². The first-order chi connectivity index (χ1) is 9.29. The molecule has 0 aliphatic carbocycles. The van der Waals surface area contributed by atoms with E-state index in [1.165, 1.54) is 0 Å². The Bertz CT molecular complexity index is 554. The summed E-state index contributed by atoms with van der Waals surface area (Å²) in [5.41, 5.74) is 8.48. The fraction of sp³-hybridized carbons (Fsp3) is 0.143. The van der Waals surface area contributed by atoms with E-state index in [1.807, 2.05) is 36.5 Å². The molecule has 4 N–H and O–H groups in total. The number of pyridine rings is 1. The Hall–Kier alpha value is -2.40. The van der Waals surface area contributed by atoms with Gasteiger partial charge in [0.05, 0.1) is 0 Å². The van der Waals surface area contributed by atoms with Gasteiger partial charge in [-0.05, 0) is 23.3 Å². The zero-order valence-electron chi connectivity index (χ0n) is 10.5. The summed E-state index contributed by atoms with van der Waals surface area (Å²) >= 11 is 0. The number of aromatic nitrogens is 1. The minimum Gasteiger partial charge on any atom is -0.409 e. The smallest absolute Gasteiger partial charge is 0.170 e. The van der Waals surface area contributed by atoms with E-state index >= 15 is 0 Å². The highest BCUT2D eigenvalue weighted by Crippen LogP contribution is 2.05. The fourth-order valence-corrected chi connectivity index (χ4v) is 1.75. The molecule has 5 heteroatoms. The summed E-state index contributed by atoms with van der Waals surface area (Å²) in [5, 5.41) is 15.0. The average molecular weight is 256 g/mol. The van der Waals surface area contributed by atoms with E-state index in [1.54, 1.807) is 12.3 Å². The van der Waals surface area contributed by atoms with Gasteiger partial charge < -0.3 is 16.3 Å². The molecule has 1 heterocycles. The maximum absolute atomic E-state index is 8.64. The lowest BCUT2D eigenvalue weighted by atomic mass is 10.1. The van der Waals surface area contributed by atoms with E-state index in [0.717, 1.165) is 17.7 Å². The number of nitrogens with two attached hydrogens (primary N) is 1. The van der Waals surface area contributed by atoms with Gasteiger partial charge in [0.25, 0.3) is 0 Å². The number of hydrogen-bond donors (Lipinski definition) is 3. The SMILES string of the molecule is NC(=NO)c1cccc(CNCc2cccnc2)c1. The second-order valence-corrected chi connectivity index (χ2v) is 4.15. The minimum absolute atomic E-state index is 0.120. The minimum atomic E-state index is 0.120. The molecule has 5 nitrogen and oxygen atoms in total. The molecule has 0 unspecified atom stereocenters. The van der Waals surface area contributed by atoms with Crippen molar-refractivity contribution in [2.75, 3.05) is 0 Å². The lowest BCUT2D eigenvalue weighted by molar-refractivity contribution is 0.318. The molecule has 2 rings (SSSR count). The zero-order chi connectivity index (χ0) is 13.5. The van der Waals surface area contributed by atoms with E-state index in [2.05, 4.69) is 15.5 Å². The Balaban J connectivity index is 1.93. The van der Waals surface area contributed by atoms with E-state index in [4.69, 9.17) is 10.9 Å². The molecule has 19 heavy (non-hydrogen) atoms. The number of nitrogens with zero attached hydrogens (tertiary/aromatic N) is 2. The van der Waals surface area contributed by atoms with Gasteiger partial charge in [-0.2, -0.15) is 0 Å². The van der Waals surface area contributed by atoms with Crippen molar-refractivity contribution in [2.45, 2.75) is 13.1 Å². The third-order valence-corrected chi connectivity index (χ3v) is 2.71. The van der Waals surface area contributed by atoms with Crippen LogP contribution in [0.3, 0.4) is 0 Å². The fourth-order valence-electron chi connectivity index (χ4n) is 1.75. The molecule has 0 saturated carbocycles. The molecule has 0 amide bonds. The third-order valence-electron chi connectivity index (χ3n) is 2.71. The van der Waals surface area contributed by atoms with Crippen LogP contribution in [0.1, 0.15) is 16.7 Å². The van der Waals surface area contributed by atoms with E-state index in [0.29, 0.717) is 12.1 Å². The largest absolute Gasteiger partial charge is 0.409 e. The van der Waals surface area contributed by atoms with Crippen LogP contribution in [0.25, 0.3) is 0 Å².